The maximum atomic E-state index is 12.5. The molecular weight excluding hydrogens is 316 g/mol. The van der Waals surface area contributed by atoms with Gasteiger partial charge < -0.3 is 20.5 Å². The first-order chi connectivity index (χ1) is 10.8. The van der Waals surface area contributed by atoms with E-state index < -0.39 is 5.60 Å². The molecule has 0 bridgehead atoms. The van der Waals surface area contributed by atoms with Gasteiger partial charge in [0.25, 0.3) is 5.91 Å². The number of nitrogen functional groups attached to an aromatic ring is 1. The second-order valence-electron chi connectivity index (χ2n) is 5.47. The largest absolute Gasteiger partial charge is 0.497 e. The molecule has 5 nitrogen and oxygen atoms in total. The van der Waals surface area contributed by atoms with Crippen LogP contribution in [0.5, 0.6) is 11.5 Å². The molecule has 2 aromatic rings. The lowest BCUT2D eigenvalue weighted by molar-refractivity contribution is -0.128. The summed E-state index contributed by atoms with van der Waals surface area (Å²) in [7, 11) is 1.55. The van der Waals surface area contributed by atoms with E-state index in [-0.39, 0.29) is 5.91 Å². The number of nitrogens with two attached hydrogens (primary N) is 1. The van der Waals surface area contributed by atoms with Crippen LogP contribution in [0.15, 0.2) is 42.5 Å². The van der Waals surface area contributed by atoms with Crippen LogP contribution in [0, 0.1) is 0 Å². The summed E-state index contributed by atoms with van der Waals surface area (Å²) in [6.45, 7) is 3.35. The second-order valence-corrected chi connectivity index (χ2v) is 5.91. The van der Waals surface area contributed by atoms with Crippen LogP contribution < -0.4 is 20.5 Å². The number of amides is 1. The summed E-state index contributed by atoms with van der Waals surface area (Å²) in [5.41, 5.74) is 5.74. The van der Waals surface area contributed by atoms with Gasteiger partial charge in [-0.25, -0.2) is 0 Å². The van der Waals surface area contributed by atoms with Crippen LogP contribution in [0.25, 0.3) is 0 Å². The van der Waals surface area contributed by atoms with Crippen molar-refractivity contribution in [2.24, 2.45) is 0 Å². The van der Waals surface area contributed by atoms with Crippen LogP contribution >= 0.6 is 11.6 Å². The number of nitrogens with one attached hydrogen (secondary N) is 1. The maximum absolute atomic E-state index is 12.5. The first-order valence-electron chi connectivity index (χ1n) is 7.01. The van der Waals surface area contributed by atoms with E-state index in [1.165, 1.54) is 0 Å². The third-order valence-electron chi connectivity index (χ3n) is 3.24. The van der Waals surface area contributed by atoms with Crippen LogP contribution in [0.3, 0.4) is 0 Å². The Morgan fingerprint density at radius 1 is 1.13 bits per heavy atom. The van der Waals surface area contributed by atoms with Gasteiger partial charge in [0.05, 0.1) is 18.5 Å². The fraction of sp³-hybridized carbons (Fsp3) is 0.235. The molecular formula is C17H19ClN2O3. The van der Waals surface area contributed by atoms with Crippen molar-refractivity contribution in [3.05, 3.63) is 47.5 Å². The molecule has 122 valence electrons. The van der Waals surface area contributed by atoms with Gasteiger partial charge in [-0.1, -0.05) is 11.6 Å². The standard InChI is InChI=1S/C17H19ClN2O3/c1-17(2,23-12-6-4-11(18)5-7-12)16(21)20-15-9-8-13(22-3)10-14(15)19/h4-10H,19H2,1-3H3,(H,20,21). The maximum Gasteiger partial charge on any atom is 0.268 e. The Hall–Kier alpha value is -2.40. The number of ether oxygens (including phenoxy) is 2. The number of anilines is 2. The Labute approximate surface area is 140 Å². The molecule has 0 heterocycles. The molecule has 0 radical (unpaired) electrons. The number of hydrogen-bond donors (Lipinski definition) is 2. The zero-order valence-corrected chi connectivity index (χ0v) is 14.0. The van der Waals surface area contributed by atoms with Crippen molar-refractivity contribution < 1.29 is 14.3 Å². The SMILES string of the molecule is COc1ccc(NC(=O)C(C)(C)Oc2ccc(Cl)cc2)c(N)c1. The van der Waals surface area contributed by atoms with Crippen molar-refractivity contribution in [3.8, 4) is 11.5 Å². The molecule has 2 rings (SSSR count). The molecule has 2 aromatic carbocycles. The number of methoxy groups -OCH3 is 1. The van der Waals surface area contributed by atoms with Crippen molar-refractivity contribution in [1.29, 1.82) is 0 Å². The average molecular weight is 335 g/mol. The van der Waals surface area contributed by atoms with E-state index in [1.807, 2.05) is 0 Å². The van der Waals surface area contributed by atoms with E-state index in [0.717, 1.165) is 0 Å². The number of rotatable bonds is 5. The Kier molecular flexibility index (Phi) is 5.01. The van der Waals surface area contributed by atoms with Crippen LogP contribution in [0.1, 0.15) is 13.8 Å². The lowest BCUT2D eigenvalue weighted by Gasteiger charge is -2.25. The fourth-order valence-corrected chi connectivity index (χ4v) is 2.02. The molecule has 0 aromatic heterocycles. The predicted molar refractivity (Wildman–Crippen MR) is 92.2 cm³/mol. The normalized spacial score (nSPS) is 11.0. The van der Waals surface area contributed by atoms with E-state index in [4.69, 9.17) is 26.8 Å². The lowest BCUT2D eigenvalue weighted by Crippen LogP contribution is -2.42. The van der Waals surface area contributed by atoms with Gasteiger partial charge >= 0.3 is 0 Å². The van der Waals surface area contributed by atoms with Crippen LogP contribution in [0.2, 0.25) is 5.02 Å². The van der Waals surface area contributed by atoms with E-state index in [0.29, 0.717) is 27.9 Å². The predicted octanol–water partition coefficient (Wildman–Crippen LogP) is 3.73. The van der Waals surface area contributed by atoms with Crippen LogP contribution in [-0.4, -0.2) is 18.6 Å². The molecule has 0 aliphatic carbocycles. The Morgan fingerprint density at radius 2 is 1.74 bits per heavy atom. The van der Waals surface area contributed by atoms with Crippen molar-refractivity contribution in [2.75, 3.05) is 18.2 Å². The summed E-state index contributed by atoms with van der Waals surface area (Å²) >= 11 is 5.84. The molecule has 1 amide bonds. The molecule has 0 aliphatic heterocycles. The molecule has 0 aliphatic rings. The minimum absolute atomic E-state index is 0.315. The van der Waals surface area contributed by atoms with E-state index >= 15 is 0 Å². The minimum Gasteiger partial charge on any atom is -0.497 e. The van der Waals surface area contributed by atoms with Gasteiger partial charge in [-0.3, -0.25) is 4.79 Å². The minimum atomic E-state index is -1.08. The first kappa shape index (κ1) is 17.0. The monoisotopic (exact) mass is 334 g/mol. The Morgan fingerprint density at radius 3 is 2.30 bits per heavy atom. The highest BCUT2D eigenvalue weighted by Gasteiger charge is 2.30. The summed E-state index contributed by atoms with van der Waals surface area (Å²) in [6.07, 6.45) is 0. The third kappa shape index (κ3) is 4.29. The molecule has 6 heteroatoms. The van der Waals surface area contributed by atoms with Gasteiger partial charge in [0.1, 0.15) is 11.5 Å². The molecule has 0 saturated carbocycles. The quantitative estimate of drug-likeness (QED) is 0.817. The summed E-state index contributed by atoms with van der Waals surface area (Å²) in [4.78, 5) is 12.5. The Bertz CT molecular complexity index is 699. The third-order valence-corrected chi connectivity index (χ3v) is 3.49. The molecule has 0 unspecified atom stereocenters. The fourth-order valence-electron chi connectivity index (χ4n) is 1.90. The lowest BCUT2D eigenvalue weighted by atomic mass is 10.1. The van der Waals surface area contributed by atoms with E-state index in [1.54, 1.807) is 63.4 Å². The molecule has 3 N–H and O–H groups in total. The highest BCUT2D eigenvalue weighted by Crippen LogP contribution is 2.26. The summed E-state index contributed by atoms with van der Waals surface area (Å²) in [6, 6.07) is 11.9. The topological polar surface area (TPSA) is 73.6 Å². The number of carbonyl (C=O) groups excluding carboxylic acids is 1. The van der Waals surface area contributed by atoms with Gasteiger partial charge in [0, 0.05) is 11.1 Å². The molecule has 0 saturated heterocycles. The summed E-state index contributed by atoms with van der Waals surface area (Å²) < 4.78 is 10.8. The van der Waals surface area contributed by atoms with E-state index in [9.17, 15) is 4.79 Å². The van der Waals surface area contributed by atoms with Crippen molar-refractivity contribution in [3.63, 3.8) is 0 Å². The zero-order valence-electron chi connectivity index (χ0n) is 13.2. The van der Waals surface area contributed by atoms with Crippen molar-refractivity contribution in [1.82, 2.24) is 0 Å². The summed E-state index contributed by atoms with van der Waals surface area (Å²) in [5.74, 6) is 0.860. The molecule has 23 heavy (non-hydrogen) atoms. The van der Waals surface area contributed by atoms with Gasteiger partial charge in [-0.15, -0.1) is 0 Å². The van der Waals surface area contributed by atoms with E-state index in [2.05, 4.69) is 5.32 Å². The number of hydrogen-bond acceptors (Lipinski definition) is 4. The smallest absolute Gasteiger partial charge is 0.268 e. The van der Waals surface area contributed by atoms with Crippen LogP contribution in [-0.2, 0) is 4.79 Å². The van der Waals surface area contributed by atoms with Gasteiger partial charge in [-0.05, 0) is 50.2 Å². The van der Waals surface area contributed by atoms with Crippen LogP contribution in [0.4, 0.5) is 11.4 Å². The molecule has 0 fully saturated rings. The highest BCUT2D eigenvalue weighted by atomic mass is 35.5. The van der Waals surface area contributed by atoms with Gasteiger partial charge in [0.15, 0.2) is 5.60 Å². The summed E-state index contributed by atoms with van der Waals surface area (Å²) in [5, 5.41) is 3.37. The molecule has 0 atom stereocenters. The number of halogens is 1. The van der Waals surface area contributed by atoms with Gasteiger partial charge in [-0.2, -0.15) is 0 Å². The highest BCUT2D eigenvalue weighted by molar-refractivity contribution is 6.30. The average Bonchev–Trinajstić information content (AvgIpc) is 2.51. The van der Waals surface area contributed by atoms with Crippen molar-refractivity contribution in [2.45, 2.75) is 19.4 Å². The first-order valence-corrected chi connectivity index (χ1v) is 7.39. The Balaban J connectivity index is 2.10. The van der Waals surface area contributed by atoms with Crippen molar-refractivity contribution >= 4 is 28.9 Å². The zero-order chi connectivity index (χ0) is 17.0. The number of carbonyl (C=O) groups is 1. The second kappa shape index (κ2) is 6.79. The number of benzene rings is 2. The van der Waals surface area contributed by atoms with Gasteiger partial charge in [0.2, 0.25) is 0 Å². The molecule has 0 spiro atoms.